The minimum Gasteiger partial charge on any atom is -0.772 e. The zero-order valence-corrected chi connectivity index (χ0v) is 18.4. The Kier molecular flexibility index (Phi) is 7.67. The van der Waals surface area contributed by atoms with Crippen molar-refractivity contribution in [3.8, 4) is 23.7 Å². The predicted octanol–water partition coefficient (Wildman–Crippen LogP) is 0.714. The standard InChI is InChI=1S/C22H25N3O6S/c1-21(16-32(29)30,20(26)24-28)8-11-25-15-18-14-17(5-6-19(18)23-25)4-2-3-7-22(27)9-12-31-13-10-22/h5-6,14-15,27-28H,8-13,16H2,1H3,(H,24,26)(H,29,30)/p-1/t21-/m0/s1. The minimum absolute atomic E-state index is 0.164. The number of rotatable bonds is 6. The Bertz CT molecular complexity index is 1130. The third kappa shape index (κ3) is 6.16. The zero-order valence-electron chi connectivity index (χ0n) is 17.6. The fourth-order valence-corrected chi connectivity index (χ4v) is 4.16. The molecular formula is C22H24N3O6S-. The van der Waals surface area contributed by atoms with Gasteiger partial charge in [-0.05, 0) is 43.4 Å². The first-order valence-electron chi connectivity index (χ1n) is 10.0. The van der Waals surface area contributed by atoms with E-state index >= 15 is 0 Å². The van der Waals surface area contributed by atoms with Crippen molar-refractivity contribution in [2.75, 3.05) is 19.0 Å². The van der Waals surface area contributed by atoms with Gasteiger partial charge in [-0.2, -0.15) is 5.10 Å². The van der Waals surface area contributed by atoms with Crippen LogP contribution in [0, 0.1) is 29.1 Å². The lowest BCUT2D eigenvalue weighted by Crippen LogP contribution is -2.42. The summed E-state index contributed by atoms with van der Waals surface area (Å²) in [5, 5.41) is 24.5. The molecule has 170 valence electrons. The number of hydrogen-bond acceptors (Lipinski definition) is 7. The third-order valence-electron chi connectivity index (χ3n) is 5.42. The number of hydrogen-bond donors (Lipinski definition) is 3. The Morgan fingerprint density at radius 3 is 2.84 bits per heavy atom. The monoisotopic (exact) mass is 458 g/mol. The Hall–Kier alpha value is -2.73. The van der Waals surface area contributed by atoms with Crippen LogP contribution in [0.4, 0.5) is 0 Å². The number of aromatic nitrogens is 2. The molecule has 9 nitrogen and oxygen atoms in total. The summed E-state index contributed by atoms with van der Waals surface area (Å²) in [4.78, 5) is 11.9. The summed E-state index contributed by atoms with van der Waals surface area (Å²) in [6.07, 6.45) is 2.88. The van der Waals surface area contributed by atoms with Gasteiger partial charge in [0.2, 0.25) is 5.91 Å². The van der Waals surface area contributed by atoms with Gasteiger partial charge in [0.1, 0.15) is 5.60 Å². The highest BCUT2D eigenvalue weighted by molar-refractivity contribution is 7.79. The number of fused-ring (bicyclic) bond motifs is 1. The molecule has 0 bridgehead atoms. The van der Waals surface area contributed by atoms with E-state index in [0.29, 0.717) is 26.1 Å². The van der Waals surface area contributed by atoms with E-state index in [4.69, 9.17) is 9.94 Å². The van der Waals surface area contributed by atoms with Crippen molar-refractivity contribution in [2.24, 2.45) is 5.41 Å². The molecule has 0 saturated carbocycles. The van der Waals surface area contributed by atoms with Gasteiger partial charge < -0.3 is 14.4 Å². The molecule has 1 unspecified atom stereocenters. The minimum atomic E-state index is -2.44. The fourth-order valence-electron chi connectivity index (χ4n) is 3.36. The predicted molar refractivity (Wildman–Crippen MR) is 116 cm³/mol. The van der Waals surface area contributed by atoms with Crippen LogP contribution in [-0.2, 0) is 27.2 Å². The largest absolute Gasteiger partial charge is 0.772 e. The first kappa shape index (κ1) is 23.9. The van der Waals surface area contributed by atoms with Crippen LogP contribution in [0.25, 0.3) is 10.9 Å². The van der Waals surface area contributed by atoms with E-state index in [9.17, 15) is 18.7 Å². The highest BCUT2D eigenvalue weighted by Crippen LogP contribution is 2.24. The molecule has 10 heteroatoms. The van der Waals surface area contributed by atoms with Crippen LogP contribution >= 0.6 is 0 Å². The number of carbonyl (C=O) groups excluding carboxylic acids is 1. The number of benzene rings is 1. The lowest BCUT2D eigenvalue weighted by molar-refractivity contribution is -0.138. The number of carbonyl (C=O) groups is 1. The highest BCUT2D eigenvalue weighted by atomic mass is 32.2. The van der Waals surface area contributed by atoms with E-state index in [-0.39, 0.29) is 13.0 Å². The molecule has 2 heterocycles. The van der Waals surface area contributed by atoms with E-state index in [1.807, 2.05) is 12.1 Å². The van der Waals surface area contributed by atoms with E-state index in [1.54, 1.807) is 16.9 Å². The molecule has 2 aromatic rings. The molecule has 3 N–H and O–H groups in total. The van der Waals surface area contributed by atoms with Crippen molar-refractivity contribution in [2.45, 2.75) is 38.3 Å². The Labute approximate surface area is 188 Å². The second-order valence-electron chi connectivity index (χ2n) is 8.01. The molecule has 3 rings (SSSR count). The summed E-state index contributed by atoms with van der Waals surface area (Å²) in [5.41, 5.74) is 0.661. The Morgan fingerprint density at radius 2 is 2.16 bits per heavy atom. The van der Waals surface area contributed by atoms with Crippen LogP contribution in [-0.4, -0.2) is 59.3 Å². The summed E-state index contributed by atoms with van der Waals surface area (Å²) in [6.45, 7) is 2.73. The maximum absolute atomic E-state index is 11.9. The van der Waals surface area contributed by atoms with Gasteiger partial charge in [0.15, 0.2) is 0 Å². The van der Waals surface area contributed by atoms with Crippen molar-refractivity contribution in [3.05, 3.63) is 30.0 Å². The summed E-state index contributed by atoms with van der Waals surface area (Å²) in [5.74, 6) is 10.1. The van der Waals surface area contributed by atoms with Gasteiger partial charge in [-0.25, -0.2) is 5.48 Å². The van der Waals surface area contributed by atoms with Crippen LogP contribution in [0.5, 0.6) is 0 Å². The molecule has 1 amide bonds. The molecular weight excluding hydrogens is 434 g/mol. The number of nitrogens with one attached hydrogen (secondary N) is 1. The van der Waals surface area contributed by atoms with Gasteiger partial charge in [0, 0.05) is 42.3 Å². The van der Waals surface area contributed by atoms with Gasteiger partial charge in [-0.1, -0.05) is 22.9 Å². The normalized spacial score (nSPS) is 17.9. The van der Waals surface area contributed by atoms with Gasteiger partial charge in [-0.3, -0.25) is 18.9 Å². The smallest absolute Gasteiger partial charge is 0.250 e. The molecule has 0 radical (unpaired) electrons. The molecule has 0 aliphatic carbocycles. The van der Waals surface area contributed by atoms with E-state index < -0.39 is 33.8 Å². The lowest BCUT2D eigenvalue weighted by Gasteiger charge is -2.27. The molecule has 1 aromatic heterocycles. The SMILES string of the molecule is C[C@](CCn1cc2cc(C#CC#CC3(O)CCOCC3)ccc2n1)(CS(=O)[O-])C(=O)NO. The number of aliphatic hydroxyl groups is 1. The van der Waals surface area contributed by atoms with Crippen molar-refractivity contribution in [1.29, 1.82) is 0 Å². The summed E-state index contributed by atoms with van der Waals surface area (Å²) in [6, 6.07) is 5.46. The van der Waals surface area contributed by atoms with Gasteiger partial charge in [-0.15, -0.1) is 0 Å². The highest BCUT2D eigenvalue weighted by Gasteiger charge is 2.33. The van der Waals surface area contributed by atoms with Gasteiger partial charge in [0.05, 0.1) is 24.1 Å². The Balaban J connectivity index is 1.70. The molecule has 32 heavy (non-hydrogen) atoms. The number of nitrogens with zero attached hydrogens (tertiary/aromatic N) is 2. The van der Waals surface area contributed by atoms with E-state index in [0.717, 1.165) is 16.5 Å². The average Bonchev–Trinajstić information content (AvgIpc) is 3.17. The number of amides is 1. The molecule has 1 saturated heterocycles. The lowest BCUT2D eigenvalue weighted by atomic mass is 9.88. The quantitative estimate of drug-likeness (QED) is 0.251. The molecule has 2 atom stereocenters. The summed E-state index contributed by atoms with van der Waals surface area (Å²) < 4.78 is 29.1. The van der Waals surface area contributed by atoms with Crippen LogP contribution in [0.2, 0.25) is 0 Å². The first-order valence-corrected chi connectivity index (χ1v) is 11.3. The molecule has 0 spiro atoms. The maximum Gasteiger partial charge on any atom is 0.250 e. The third-order valence-corrected chi connectivity index (χ3v) is 6.29. The van der Waals surface area contributed by atoms with E-state index in [1.165, 1.54) is 12.4 Å². The number of ether oxygens (including phenoxy) is 1. The van der Waals surface area contributed by atoms with Gasteiger partial charge in [0.25, 0.3) is 0 Å². The van der Waals surface area contributed by atoms with Crippen molar-refractivity contribution >= 4 is 27.9 Å². The summed E-state index contributed by atoms with van der Waals surface area (Å²) >= 11 is -2.44. The number of aryl methyl sites for hydroxylation is 1. The molecule has 1 fully saturated rings. The van der Waals surface area contributed by atoms with Crippen molar-refractivity contribution < 1.29 is 28.6 Å². The number of hydroxylamine groups is 1. The average molecular weight is 459 g/mol. The Morgan fingerprint density at radius 1 is 1.41 bits per heavy atom. The van der Waals surface area contributed by atoms with Crippen molar-refractivity contribution in [1.82, 2.24) is 15.3 Å². The molecule has 1 aliphatic rings. The van der Waals surface area contributed by atoms with Crippen LogP contribution in [0.15, 0.2) is 24.4 Å². The van der Waals surface area contributed by atoms with Gasteiger partial charge >= 0.3 is 0 Å². The molecule has 1 aliphatic heterocycles. The topological polar surface area (TPSA) is 137 Å². The van der Waals surface area contributed by atoms with Crippen LogP contribution in [0.3, 0.4) is 0 Å². The molecule has 1 aromatic carbocycles. The summed E-state index contributed by atoms with van der Waals surface area (Å²) in [7, 11) is 0. The van der Waals surface area contributed by atoms with Crippen molar-refractivity contribution in [3.63, 3.8) is 0 Å². The first-order chi connectivity index (χ1) is 15.2. The van der Waals surface area contributed by atoms with Crippen LogP contribution in [0.1, 0.15) is 31.7 Å². The second kappa shape index (κ2) is 10.3. The zero-order chi connectivity index (χ0) is 23.2. The fraction of sp³-hybridized carbons (Fsp3) is 0.455. The van der Waals surface area contributed by atoms with Crippen LogP contribution < -0.4 is 5.48 Å². The second-order valence-corrected chi connectivity index (χ2v) is 8.91. The van der Waals surface area contributed by atoms with E-state index in [2.05, 4.69) is 28.8 Å². The maximum atomic E-state index is 11.9.